The minimum atomic E-state index is -0.247. The summed E-state index contributed by atoms with van der Waals surface area (Å²) in [5, 5.41) is 3.71. The van der Waals surface area contributed by atoms with Crippen LogP contribution in [-0.4, -0.2) is 48.6 Å². The molecule has 1 aliphatic heterocycles. The molecule has 3 aromatic rings. The third kappa shape index (κ3) is 5.67. The molecular formula is C26H27ClFN3O. The van der Waals surface area contributed by atoms with E-state index in [9.17, 15) is 9.18 Å². The molecule has 0 saturated carbocycles. The van der Waals surface area contributed by atoms with E-state index in [0.29, 0.717) is 26.1 Å². The van der Waals surface area contributed by atoms with Crippen LogP contribution in [0, 0.1) is 5.82 Å². The summed E-state index contributed by atoms with van der Waals surface area (Å²) in [7, 11) is 0. The summed E-state index contributed by atoms with van der Waals surface area (Å²) < 4.78 is 13.0. The maximum absolute atomic E-state index is 13.0. The summed E-state index contributed by atoms with van der Waals surface area (Å²) in [6.07, 6.45) is 0.679. The molecule has 3 aromatic carbocycles. The Kier molecular flexibility index (Phi) is 7.40. The maximum Gasteiger partial charge on any atom is 0.317 e. The van der Waals surface area contributed by atoms with Gasteiger partial charge in [-0.25, -0.2) is 9.18 Å². The van der Waals surface area contributed by atoms with Crippen LogP contribution in [0.4, 0.5) is 9.18 Å². The van der Waals surface area contributed by atoms with E-state index in [1.807, 2.05) is 23.1 Å². The van der Waals surface area contributed by atoms with Crippen molar-refractivity contribution in [2.75, 3.05) is 32.7 Å². The van der Waals surface area contributed by atoms with Crippen molar-refractivity contribution < 1.29 is 9.18 Å². The summed E-state index contributed by atoms with van der Waals surface area (Å²) >= 11 is 6.11. The van der Waals surface area contributed by atoms with Crippen LogP contribution < -0.4 is 5.32 Å². The molecule has 0 spiro atoms. The van der Waals surface area contributed by atoms with Crippen molar-refractivity contribution in [1.29, 1.82) is 0 Å². The van der Waals surface area contributed by atoms with Crippen LogP contribution in [0.1, 0.15) is 22.7 Å². The van der Waals surface area contributed by atoms with Gasteiger partial charge in [0.15, 0.2) is 0 Å². The molecule has 166 valence electrons. The Hall–Kier alpha value is -2.89. The van der Waals surface area contributed by atoms with E-state index < -0.39 is 0 Å². The number of carbonyl (C=O) groups is 1. The number of hydrogen-bond acceptors (Lipinski definition) is 2. The van der Waals surface area contributed by atoms with E-state index in [0.717, 1.165) is 23.7 Å². The highest BCUT2D eigenvalue weighted by Crippen LogP contribution is 2.30. The van der Waals surface area contributed by atoms with Gasteiger partial charge < -0.3 is 10.2 Å². The Balaban J connectivity index is 1.34. The molecule has 1 unspecified atom stereocenters. The number of carbonyl (C=O) groups excluding carboxylic acids is 1. The fraction of sp³-hybridized carbons (Fsp3) is 0.269. The second-order valence-corrected chi connectivity index (χ2v) is 8.43. The first-order valence-corrected chi connectivity index (χ1v) is 11.3. The Morgan fingerprint density at radius 2 is 1.50 bits per heavy atom. The fourth-order valence-corrected chi connectivity index (χ4v) is 4.28. The van der Waals surface area contributed by atoms with Gasteiger partial charge >= 0.3 is 6.03 Å². The Bertz CT molecular complexity index is 1000. The highest BCUT2D eigenvalue weighted by molar-refractivity contribution is 6.30. The summed E-state index contributed by atoms with van der Waals surface area (Å²) in [5.74, 6) is -0.247. The SMILES string of the molecule is O=C(NCCc1ccc(F)cc1)N1CCN(C(c2ccccc2)c2ccc(Cl)cc2)CC1. The van der Waals surface area contributed by atoms with Crippen LogP contribution in [0.5, 0.6) is 0 Å². The number of halogens is 2. The van der Waals surface area contributed by atoms with Crippen molar-refractivity contribution in [3.8, 4) is 0 Å². The summed E-state index contributed by atoms with van der Waals surface area (Å²) in [5.41, 5.74) is 3.43. The highest BCUT2D eigenvalue weighted by atomic mass is 35.5. The van der Waals surface area contributed by atoms with Gasteiger partial charge in [-0.1, -0.05) is 66.2 Å². The molecule has 1 fully saturated rings. The lowest BCUT2D eigenvalue weighted by atomic mass is 9.96. The Morgan fingerprint density at radius 1 is 0.875 bits per heavy atom. The lowest BCUT2D eigenvalue weighted by molar-refractivity contribution is 0.120. The number of nitrogens with one attached hydrogen (secondary N) is 1. The number of hydrogen-bond donors (Lipinski definition) is 1. The van der Waals surface area contributed by atoms with Gasteiger partial charge in [0.2, 0.25) is 0 Å². The lowest BCUT2D eigenvalue weighted by Crippen LogP contribution is -2.52. The van der Waals surface area contributed by atoms with Crippen molar-refractivity contribution in [1.82, 2.24) is 15.1 Å². The predicted molar refractivity (Wildman–Crippen MR) is 126 cm³/mol. The first-order chi connectivity index (χ1) is 15.6. The molecule has 6 heteroatoms. The van der Waals surface area contributed by atoms with E-state index in [4.69, 9.17) is 11.6 Å². The third-order valence-electron chi connectivity index (χ3n) is 5.87. The minimum absolute atomic E-state index is 0.0467. The molecule has 1 atom stereocenters. The van der Waals surface area contributed by atoms with Gasteiger partial charge in [-0.3, -0.25) is 4.90 Å². The minimum Gasteiger partial charge on any atom is -0.338 e. The second-order valence-electron chi connectivity index (χ2n) is 8.00. The average Bonchev–Trinajstić information content (AvgIpc) is 2.83. The molecule has 1 aliphatic rings. The van der Waals surface area contributed by atoms with E-state index in [2.05, 4.69) is 46.6 Å². The van der Waals surface area contributed by atoms with E-state index >= 15 is 0 Å². The van der Waals surface area contributed by atoms with Gasteiger partial charge in [0.05, 0.1) is 6.04 Å². The molecule has 0 radical (unpaired) electrons. The van der Waals surface area contributed by atoms with Gasteiger partial charge in [-0.05, 0) is 47.4 Å². The zero-order valence-electron chi connectivity index (χ0n) is 17.9. The van der Waals surface area contributed by atoms with Crippen LogP contribution in [0.15, 0.2) is 78.9 Å². The normalized spacial score (nSPS) is 15.4. The van der Waals surface area contributed by atoms with Crippen LogP contribution >= 0.6 is 11.6 Å². The molecule has 1 heterocycles. The summed E-state index contributed by atoms with van der Waals surface area (Å²) in [6, 6.07) is 24.9. The molecule has 0 aromatic heterocycles. The van der Waals surface area contributed by atoms with Gasteiger partial charge in [-0.15, -0.1) is 0 Å². The van der Waals surface area contributed by atoms with Crippen molar-refractivity contribution in [3.63, 3.8) is 0 Å². The van der Waals surface area contributed by atoms with Gasteiger partial charge in [-0.2, -0.15) is 0 Å². The molecule has 32 heavy (non-hydrogen) atoms. The summed E-state index contributed by atoms with van der Waals surface area (Å²) in [4.78, 5) is 16.9. The van der Waals surface area contributed by atoms with Crippen LogP contribution in [0.3, 0.4) is 0 Å². The second kappa shape index (κ2) is 10.6. The van der Waals surface area contributed by atoms with Crippen molar-refractivity contribution >= 4 is 17.6 Å². The Morgan fingerprint density at radius 3 is 2.16 bits per heavy atom. The van der Waals surface area contributed by atoms with Gasteiger partial charge in [0.1, 0.15) is 5.82 Å². The predicted octanol–water partition coefficient (Wildman–Crippen LogP) is 5.14. The molecule has 1 saturated heterocycles. The van der Waals surface area contributed by atoms with E-state index in [1.165, 1.54) is 23.3 Å². The molecule has 0 bridgehead atoms. The Labute approximate surface area is 193 Å². The molecule has 2 amide bonds. The fourth-order valence-electron chi connectivity index (χ4n) is 4.15. The molecule has 4 nitrogen and oxygen atoms in total. The zero-order valence-corrected chi connectivity index (χ0v) is 18.6. The molecular weight excluding hydrogens is 425 g/mol. The zero-order chi connectivity index (χ0) is 22.3. The monoisotopic (exact) mass is 451 g/mol. The molecule has 0 aliphatic carbocycles. The number of piperazine rings is 1. The highest BCUT2D eigenvalue weighted by Gasteiger charge is 2.28. The number of urea groups is 1. The lowest BCUT2D eigenvalue weighted by Gasteiger charge is -2.39. The van der Waals surface area contributed by atoms with Crippen molar-refractivity contribution in [3.05, 3.63) is 106 Å². The quantitative estimate of drug-likeness (QED) is 0.563. The number of benzene rings is 3. The van der Waals surface area contributed by atoms with Gasteiger partial charge in [0.25, 0.3) is 0 Å². The number of rotatable bonds is 6. The molecule has 4 rings (SSSR count). The smallest absolute Gasteiger partial charge is 0.317 e. The van der Waals surface area contributed by atoms with Gasteiger partial charge in [0, 0.05) is 37.7 Å². The average molecular weight is 452 g/mol. The van der Waals surface area contributed by atoms with E-state index in [-0.39, 0.29) is 17.9 Å². The topological polar surface area (TPSA) is 35.6 Å². The number of amides is 2. The van der Waals surface area contributed by atoms with Crippen molar-refractivity contribution in [2.45, 2.75) is 12.5 Å². The third-order valence-corrected chi connectivity index (χ3v) is 6.12. The standard InChI is InChI=1S/C26H27ClFN3O/c27-23-10-8-22(9-11-23)25(21-4-2-1-3-5-21)30-16-18-31(19-17-30)26(32)29-15-14-20-6-12-24(28)13-7-20/h1-13,25H,14-19H2,(H,29,32). The molecule has 1 N–H and O–H groups in total. The van der Waals surface area contributed by atoms with Crippen LogP contribution in [0.2, 0.25) is 5.02 Å². The van der Waals surface area contributed by atoms with Crippen LogP contribution in [-0.2, 0) is 6.42 Å². The summed E-state index contributed by atoms with van der Waals surface area (Å²) in [6.45, 7) is 3.43. The van der Waals surface area contributed by atoms with Crippen LogP contribution in [0.25, 0.3) is 0 Å². The van der Waals surface area contributed by atoms with Crippen molar-refractivity contribution in [2.24, 2.45) is 0 Å². The maximum atomic E-state index is 13.0. The van der Waals surface area contributed by atoms with E-state index in [1.54, 1.807) is 12.1 Å². The number of nitrogens with zero attached hydrogens (tertiary/aromatic N) is 2. The first kappa shape index (κ1) is 22.3. The first-order valence-electron chi connectivity index (χ1n) is 10.9. The largest absolute Gasteiger partial charge is 0.338 e.